The first-order valence-corrected chi connectivity index (χ1v) is 13.5. The summed E-state index contributed by atoms with van der Waals surface area (Å²) >= 11 is 7.63. The van der Waals surface area contributed by atoms with Crippen LogP contribution in [0.2, 0.25) is 5.02 Å². The van der Waals surface area contributed by atoms with E-state index in [0.717, 1.165) is 35.3 Å². The third kappa shape index (κ3) is 6.65. The highest BCUT2D eigenvalue weighted by atomic mass is 35.5. The van der Waals surface area contributed by atoms with Crippen LogP contribution in [0.15, 0.2) is 47.6 Å². The van der Waals surface area contributed by atoms with Crippen molar-refractivity contribution in [3.63, 3.8) is 0 Å². The molecule has 4 rings (SSSR count). The minimum Gasteiger partial charge on any atom is -0.493 e. The Kier molecular flexibility index (Phi) is 9.25. The molecule has 1 unspecified atom stereocenters. The Morgan fingerprint density at radius 1 is 1.21 bits per heavy atom. The van der Waals surface area contributed by atoms with E-state index in [4.69, 9.17) is 25.8 Å². The van der Waals surface area contributed by atoms with Gasteiger partial charge in [-0.05, 0) is 67.5 Å². The number of fused-ring (bicyclic) bond motifs is 1. The second kappa shape index (κ2) is 12.8. The number of nitrogens with zero attached hydrogens (tertiary/aromatic N) is 1. The molecule has 1 atom stereocenters. The van der Waals surface area contributed by atoms with Crippen LogP contribution in [0.1, 0.15) is 52.2 Å². The number of amides is 2. The van der Waals surface area contributed by atoms with E-state index in [1.54, 1.807) is 32.2 Å². The molecule has 0 aliphatic heterocycles. The highest BCUT2D eigenvalue weighted by molar-refractivity contribution is 7.17. The predicted molar refractivity (Wildman–Crippen MR) is 150 cm³/mol. The molecule has 2 aromatic carbocycles. The molecule has 8 nitrogen and oxygen atoms in total. The first kappa shape index (κ1) is 27.5. The van der Waals surface area contributed by atoms with E-state index in [2.05, 4.69) is 22.8 Å². The molecule has 0 bridgehead atoms. The third-order valence-corrected chi connectivity index (χ3v) is 7.67. The zero-order valence-corrected chi connectivity index (χ0v) is 23.1. The van der Waals surface area contributed by atoms with E-state index in [-0.39, 0.29) is 6.61 Å². The SMILES string of the molecule is CCOC(=O)c1c(NC(=O)N/N=C\c2ccc(OCc3ccccc3Cl)c(OC)c2)sc2c1CCC(C)C2. The molecule has 200 valence electrons. The quantitative estimate of drug-likeness (QED) is 0.180. The summed E-state index contributed by atoms with van der Waals surface area (Å²) in [5.74, 6) is 1.19. The van der Waals surface area contributed by atoms with Gasteiger partial charge in [0, 0.05) is 15.5 Å². The Hall–Kier alpha value is -3.56. The van der Waals surface area contributed by atoms with Gasteiger partial charge in [-0.25, -0.2) is 15.0 Å². The van der Waals surface area contributed by atoms with Gasteiger partial charge in [0.15, 0.2) is 11.5 Å². The molecule has 1 aliphatic carbocycles. The van der Waals surface area contributed by atoms with Crippen LogP contribution in [0.3, 0.4) is 0 Å². The number of hydrogen-bond donors (Lipinski definition) is 2. The largest absolute Gasteiger partial charge is 0.493 e. The number of ether oxygens (including phenoxy) is 3. The summed E-state index contributed by atoms with van der Waals surface area (Å²) in [5.41, 5.74) is 5.45. The number of esters is 1. The number of halogens is 1. The minimum absolute atomic E-state index is 0.267. The van der Waals surface area contributed by atoms with Crippen LogP contribution in [0, 0.1) is 5.92 Å². The van der Waals surface area contributed by atoms with Gasteiger partial charge in [-0.15, -0.1) is 11.3 Å². The molecule has 1 aromatic heterocycles. The van der Waals surface area contributed by atoms with E-state index in [9.17, 15) is 9.59 Å². The highest BCUT2D eigenvalue weighted by Gasteiger charge is 2.29. The number of hydrogen-bond acceptors (Lipinski definition) is 7. The molecule has 1 aliphatic rings. The van der Waals surface area contributed by atoms with Crippen molar-refractivity contribution in [3.05, 3.63) is 74.6 Å². The topological polar surface area (TPSA) is 98.2 Å². The zero-order valence-electron chi connectivity index (χ0n) is 21.5. The summed E-state index contributed by atoms with van der Waals surface area (Å²) in [6.45, 7) is 4.51. The molecule has 38 heavy (non-hydrogen) atoms. The highest BCUT2D eigenvalue weighted by Crippen LogP contribution is 2.40. The summed E-state index contributed by atoms with van der Waals surface area (Å²) in [5, 5.41) is 7.93. The van der Waals surface area contributed by atoms with Crippen molar-refractivity contribution < 1.29 is 23.8 Å². The van der Waals surface area contributed by atoms with Gasteiger partial charge in [-0.2, -0.15) is 5.10 Å². The Balaban J connectivity index is 1.40. The third-order valence-electron chi connectivity index (χ3n) is 6.13. The molecule has 2 N–H and O–H groups in total. The maximum Gasteiger partial charge on any atom is 0.341 e. The smallest absolute Gasteiger partial charge is 0.341 e. The lowest BCUT2D eigenvalue weighted by Gasteiger charge is -2.18. The van der Waals surface area contributed by atoms with Crippen LogP contribution in [-0.2, 0) is 24.2 Å². The lowest BCUT2D eigenvalue weighted by Crippen LogP contribution is -2.25. The minimum atomic E-state index is -0.551. The molecule has 0 saturated heterocycles. The number of benzene rings is 2. The van der Waals surface area contributed by atoms with E-state index in [0.29, 0.717) is 45.2 Å². The average Bonchev–Trinajstić information content (AvgIpc) is 3.25. The first-order chi connectivity index (χ1) is 18.4. The molecule has 0 saturated carbocycles. The van der Waals surface area contributed by atoms with Crippen LogP contribution in [0.25, 0.3) is 0 Å². The van der Waals surface area contributed by atoms with Crippen molar-refractivity contribution in [2.45, 2.75) is 39.7 Å². The van der Waals surface area contributed by atoms with Crippen LogP contribution < -0.4 is 20.2 Å². The number of carbonyl (C=O) groups is 2. The van der Waals surface area contributed by atoms with Crippen LogP contribution in [-0.4, -0.2) is 31.9 Å². The summed E-state index contributed by atoms with van der Waals surface area (Å²) in [4.78, 5) is 26.4. The molecule has 0 fully saturated rings. The first-order valence-electron chi connectivity index (χ1n) is 12.4. The number of rotatable bonds is 9. The Morgan fingerprint density at radius 3 is 2.79 bits per heavy atom. The monoisotopic (exact) mass is 555 g/mol. The number of urea groups is 1. The average molecular weight is 556 g/mol. The molecular formula is C28H30ClN3O5S. The van der Waals surface area contributed by atoms with Gasteiger partial charge in [0.05, 0.1) is 25.5 Å². The van der Waals surface area contributed by atoms with Gasteiger partial charge in [-0.3, -0.25) is 5.32 Å². The Bertz CT molecular complexity index is 1340. The number of anilines is 1. The fraction of sp³-hybridized carbons (Fsp3) is 0.321. The van der Waals surface area contributed by atoms with Crippen LogP contribution in [0.5, 0.6) is 11.5 Å². The lowest BCUT2D eigenvalue weighted by molar-refractivity contribution is 0.0526. The zero-order chi connectivity index (χ0) is 27.1. The summed E-state index contributed by atoms with van der Waals surface area (Å²) < 4.78 is 16.6. The summed E-state index contributed by atoms with van der Waals surface area (Å²) in [6, 6.07) is 12.2. The summed E-state index contributed by atoms with van der Waals surface area (Å²) in [6.07, 6.45) is 4.17. The fourth-order valence-corrected chi connectivity index (χ4v) is 5.79. The van der Waals surface area contributed by atoms with Gasteiger partial charge in [-0.1, -0.05) is 36.7 Å². The van der Waals surface area contributed by atoms with Crippen molar-refractivity contribution in [1.29, 1.82) is 0 Å². The molecule has 3 aromatic rings. The molecule has 0 spiro atoms. The van der Waals surface area contributed by atoms with Crippen molar-refractivity contribution >= 4 is 46.2 Å². The summed E-state index contributed by atoms with van der Waals surface area (Å²) in [7, 11) is 1.55. The second-order valence-corrected chi connectivity index (χ2v) is 10.4. The normalized spacial score (nSPS) is 14.6. The van der Waals surface area contributed by atoms with Gasteiger partial charge in [0.25, 0.3) is 0 Å². The van der Waals surface area contributed by atoms with Crippen molar-refractivity contribution in [3.8, 4) is 11.5 Å². The fourth-order valence-electron chi connectivity index (χ4n) is 4.21. The predicted octanol–water partition coefficient (Wildman–Crippen LogP) is 6.45. The molecule has 0 radical (unpaired) electrons. The van der Waals surface area contributed by atoms with Crippen LogP contribution >= 0.6 is 22.9 Å². The number of carbonyl (C=O) groups excluding carboxylic acids is 2. The van der Waals surface area contributed by atoms with Crippen molar-refractivity contribution in [1.82, 2.24) is 5.43 Å². The van der Waals surface area contributed by atoms with E-state index >= 15 is 0 Å². The number of nitrogens with one attached hydrogen (secondary N) is 2. The number of methoxy groups -OCH3 is 1. The second-order valence-electron chi connectivity index (χ2n) is 8.89. The molecule has 10 heteroatoms. The van der Waals surface area contributed by atoms with Gasteiger partial charge >= 0.3 is 12.0 Å². The van der Waals surface area contributed by atoms with Gasteiger partial charge < -0.3 is 14.2 Å². The number of hydrazone groups is 1. The maximum absolute atomic E-state index is 12.6. The van der Waals surface area contributed by atoms with Crippen molar-refractivity contribution in [2.75, 3.05) is 19.0 Å². The van der Waals surface area contributed by atoms with Gasteiger partial charge in [0.2, 0.25) is 0 Å². The van der Waals surface area contributed by atoms with E-state index < -0.39 is 12.0 Å². The molecular weight excluding hydrogens is 526 g/mol. The number of thiophene rings is 1. The van der Waals surface area contributed by atoms with Crippen molar-refractivity contribution in [2.24, 2.45) is 11.0 Å². The van der Waals surface area contributed by atoms with E-state index in [1.165, 1.54) is 17.6 Å². The lowest BCUT2D eigenvalue weighted by atomic mass is 9.88. The Morgan fingerprint density at radius 2 is 2.03 bits per heavy atom. The molecule has 1 heterocycles. The van der Waals surface area contributed by atoms with Gasteiger partial charge in [0.1, 0.15) is 11.6 Å². The Labute approximate surface area is 230 Å². The standard InChI is InChI=1S/C28H30ClN3O5S/c1-4-36-27(33)25-20-11-9-17(2)13-24(20)38-26(25)31-28(34)32-30-15-18-10-12-22(23(14-18)35-3)37-16-19-7-5-6-8-21(19)29/h5-8,10,12,14-15,17H,4,9,11,13,16H2,1-3H3,(H2,31,32,34)/b30-15-. The van der Waals surface area contributed by atoms with E-state index in [1.807, 2.05) is 24.3 Å². The maximum atomic E-state index is 12.6. The molecule has 2 amide bonds. The van der Waals surface area contributed by atoms with Crippen LogP contribution in [0.4, 0.5) is 9.80 Å².